The Hall–Kier alpha value is -3.15. The van der Waals surface area contributed by atoms with Crippen molar-refractivity contribution in [3.05, 3.63) is 99.3 Å². The third kappa shape index (κ3) is 3.12. The zero-order chi connectivity index (χ0) is 22.6. The number of hydrogen-bond donors (Lipinski definition) is 2. The minimum absolute atomic E-state index is 0.00151. The number of hydrogen-bond acceptors (Lipinski definition) is 3. The summed E-state index contributed by atoms with van der Waals surface area (Å²) in [6, 6.07) is 15.7. The van der Waals surface area contributed by atoms with Crippen LogP contribution in [0.3, 0.4) is 0 Å². The Kier molecular flexibility index (Phi) is 4.84. The first-order valence-corrected chi connectivity index (χ1v) is 10.7. The van der Waals surface area contributed by atoms with Crippen molar-refractivity contribution in [2.45, 2.75) is 17.8 Å². The molecule has 2 aliphatic rings. The minimum atomic E-state index is -1.24. The molecule has 0 bridgehead atoms. The smallest absolute Gasteiger partial charge is 0.239 e. The Labute approximate surface area is 193 Å². The van der Waals surface area contributed by atoms with Crippen LogP contribution in [0.25, 0.3) is 5.57 Å². The summed E-state index contributed by atoms with van der Waals surface area (Å²) in [7, 11) is 0. The second kappa shape index (κ2) is 7.47. The lowest BCUT2D eigenvalue weighted by Gasteiger charge is -2.38. The van der Waals surface area contributed by atoms with E-state index < -0.39 is 17.2 Å². The van der Waals surface area contributed by atoms with Crippen LogP contribution in [0.1, 0.15) is 29.0 Å². The first-order valence-electron chi connectivity index (χ1n) is 9.91. The van der Waals surface area contributed by atoms with Crippen molar-refractivity contribution < 1.29 is 19.1 Å². The number of phenolic OH excluding ortho intramolecular Hbond substituents is 1. The highest BCUT2D eigenvalue weighted by atomic mass is 35.5. The third-order valence-corrected chi connectivity index (χ3v) is 6.63. The number of carbonyl (C=O) groups excluding carboxylic acids is 2. The molecular weight excluding hydrogens is 452 g/mol. The topological polar surface area (TPSA) is 66.4 Å². The van der Waals surface area contributed by atoms with E-state index in [4.69, 9.17) is 23.2 Å². The third-order valence-electron chi connectivity index (χ3n) is 6.16. The van der Waals surface area contributed by atoms with Crippen molar-refractivity contribution in [2.75, 3.05) is 5.32 Å². The summed E-state index contributed by atoms with van der Waals surface area (Å²) < 4.78 is 13.6. The zero-order valence-electron chi connectivity index (χ0n) is 16.5. The fourth-order valence-electron chi connectivity index (χ4n) is 4.75. The summed E-state index contributed by atoms with van der Waals surface area (Å²) in [6.45, 7) is 0. The summed E-state index contributed by atoms with van der Waals surface area (Å²) in [4.78, 5) is 26.8. The van der Waals surface area contributed by atoms with Gasteiger partial charge in [-0.3, -0.25) is 9.59 Å². The van der Waals surface area contributed by atoms with Gasteiger partial charge in [0.15, 0.2) is 5.78 Å². The summed E-state index contributed by atoms with van der Waals surface area (Å²) in [6.07, 6.45) is 1.59. The standard InChI is InChI=1S/C25H16Cl2FNO3/c26-14-3-1-2-13(8-14)20-11-23(31)18(17-6-5-16(28)10-22(17)30)12-25(20)19-7-4-15(27)9-21(19)29-24(25)32/h1-10,12,20,30H,11H2,(H,29,32)/t20-,25-/m0/s1. The molecule has 0 unspecified atom stereocenters. The predicted molar refractivity (Wildman–Crippen MR) is 122 cm³/mol. The zero-order valence-corrected chi connectivity index (χ0v) is 18.0. The molecule has 160 valence electrons. The first-order chi connectivity index (χ1) is 15.3. The Morgan fingerprint density at radius 3 is 2.53 bits per heavy atom. The maximum atomic E-state index is 13.6. The van der Waals surface area contributed by atoms with Gasteiger partial charge in [0.2, 0.25) is 5.91 Å². The van der Waals surface area contributed by atoms with Crippen molar-refractivity contribution in [2.24, 2.45) is 0 Å². The normalized spacial score (nSPS) is 22.0. The van der Waals surface area contributed by atoms with Gasteiger partial charge in [-0.15, -0.1) is 0 Å². The monoisotopic (exact) mass is 467 g/mol. The maximum Gasteiger partial charge on any atom is 0.239 e. The lowest BCUT2D eigenvalue weighted by molar-refractivity contribution is -0.121. The van der Waals surface area contributed by atoms with E-state index in [2.05, 4.69) is 5.32 Å². The van der Waals surface area contributed by atoms with Crippen LogP contribution in [-0.4, -0.2) is 16.8 Å². The number of aromatic hydroxyl groups is 1. The number of amides is 1. The van der Waals surface area contributed by atoms with Crippen LogP contribution < -0.4 is 5.32 Å². The molecule has 3 aromatic rings. The molecule has 0 aromatic heterocycles. The summed E-state index contributed by atoms with van der Waals surface area (Å²) in [5.74, 6) is -2.11. The molecular formula is C25H16Cl2FNO3. The molecule has 1 spiro atoms. The fourth-order valence-corrected chi connectivity index (χ4v) is 5.12. The van der Waals surface area contributed by atoms with E-state index in [1.165, 1.54) is 12.1 Å². The molecule has 5 rings (SSSR count). The van der Waals surface area contributed by atoms with Gasteiger partial charge in [-0.2, -0.15) is 0 Å². The highest BCUT2D eigenvalue weighted by Gasteiger charge is 2.54. The lowest BCUT2D eigenvalue weighted by atomic mass is 9.61. The highest BCUT2D eigenvalue weighted by Crippen LogP contribution is 2.54. The number of rotatable bonds is 2. The Bertz CT molecular complexity index is 1340. The number of allylic oxidation sites excluding steroid dienone is 1. The summed E-state index contributed by atoms with van der Waals surface area (Å²) in [5, 5.41) is 14.2. The Morgan fingerprint density at radius 2 is 1.78 bits per heavy atom. The van der Waals surface area contributed by atoms with Crippen molar-refractivity contribution in [3.8, 4) is 5.75 Å². The van der Waals surface area contributed by atoms with Crippen LogP contribution in [0, 0.1) is 5.82 Å². The molecule has 4 nitrogen and oxygen atoms in total. The number of nitrogens with one attached hydrogen (secondary N) is 1. The van der Waals surface area contributed by atoms with Crippen molar-refractivity contribution >= 4 is 46.2 Å². The quantitative estimate of drug-likeness (QED) is 0.495. The average molecular weight is 468 g/mol. The average Bonchev–Trinajstić information content (AvgIpc) is 3.00. The number of ketones is 1. The molecule has 2 atom stereocenters. The molecule has 1 aliphatic heterocycles. The van der Waals surface area contributed by atoms with Crippen molar-refractivity contribution in [1.82, 2.24) is 0 Å². The molecule has 3 aromatic carbocycles. The molecule has 1 aliphatic carbocycles. The van der Waals surface area contributed by atoms with Crippen molar-refractivity contribution in [3.63, 3.8) is 0 Å². The van der Waals surface area contributed by atoms with Gasteiger partial charge in [0.25, 0.3) is 0 Å². The second-order valence-corrected chi connectivity index (χ2v) is 8.84. The molecule has 32 heavy (non-hydrogen) atoms. The number of anilines is 1. The number of carbonyl (C=O) groups is 2. The largest absolute Gasteiger partial charge is 0.507 e. The molecule has 0 radical (unpaired) electrons. The van der Waals surface area contributed by atoms with Gasteiger partial charge in [-0.1, -0.05) is 47.5 Å². The van der Waals surface area contributed by atoms with Crippen LogP contribution in [0.15, 0.2) is 66.7 Å². The van der Waals surface area contributed by atoms with Crippen molar-refractivity contribution in [1.29, 1.82) is 0 Å². The fraction of sp³-hybridized carbons (Fsp3) is 0.120. The maximum absolute atomic E-state index is 13.6. The molecule has 2 N–H and O–H groups in total. The van der Waals surface area contributed by atoms with E-state index >= 15 is 0 Å². The van der Waals surface area contributed by atoms with Crippen LogP contribution in [0.2, 0.25) is 10.0 Å². The van der Waals surface area contributed by atoms with Crippen LogP contribution in [-0.2, 0) is 15.0 Å². The summed E-state index contributed by atoms with van der Waals surface area (Å²) >= 11 is 12.4. The lowest BCUT2D eigenvalue weighted by Crippen LogP contribution is -2.43. The molecule has 1 heterocycles. The van der Waals surface area contributed by atoms with Gasteiger partial charge in [0.1, 0.15) is 17.0 Å². The van der Waals surface area contributed by atoms with Gasteiger partial charge >= 0.3 is 0 Å². The van der Waals surface area contributed by atoms with Crippen LogP contribution in [0.5, 0.6) is 5.75 Å². The van der Waals surface area contributed by atoms with E-state index in [0.717, 1.165) is 11.6 Å². The van der Waals surface area contributed by atoms with Crippen LogP contribution >= 0.6 is 23.2 Å². The number of halogens is 3. The Morgan fingerprint density at radius 1 is 1.00 bits per heavy atom. The van der Waals surface area contributed by atoms with Gasteiger partial charge < -0.3 is 10.4 Å². The molecule has 0 saturated heterocycles. The minimum Gasteiger partial charge on any atom is -0.507 e. The number of Topliss-reactive ketones (excluding diaryl/α,β-unsaturated/α-hetero) is 1. The van der Waals surface area contributed by atoms with E-state index in [1.807, 2.05) is 6.07 Å². The number of benzene rings is 3. The highest BCUT2D eigenvalue weighted by molar-refractivity contribution is 6.31. The number of phenols is 1. The SMILES string of the molecule is O=C1C[C@@H](c2cccc(Cl)c2)[C@@]2(C=C1c1ccc(F)cc1O)C(=O)Nc1cc(Cl)ccc12. The van der Waals surface area contributed by atoms with Gasteiger partial charge in [0.05, 0.1) is 0 Å². The van der Waals surface area contributed by atoms with E-state index in [1.54, 1.807) is 42.5 Å². The molecule has 7 heteroatoms. The predicted octanol–water partition coefficient (Wildman–Crippen LogP) is 5.87. The first kappa shape index (κ1) is 20.7. The van der Waals surface area contributed by atoms with E-state index in [9.17, 15) is 19.1 Å². The second-order valence-electron chi connectivity index (χ2n) is 7.97. The van der Waals surface area contributed by atoms with Gasteiger partial charge in [0, 0.05) is 45.3 Å². The molecule has 0 fully saturated rings. The van der Waals surface area contributed by atoms with Gasteiger partial charge in [-0.05, 0) is 47.5 Å². The van der Waals surface area contributed by atoms with E-state index in [0.29, 0.717) is 21.3 Å². The Balaban J connectivity index is 1.80. The van der Waals surface area contributed by atoms with Crippen LogP contribution in [0.4, 0.5) is 10.1 Å². The number of fused-ring (bicyclic) bond motifs is 2. The van der Waals surface area contributed by atoms with Gasteiger partial charge in [-0.25, -0.2) is 4.39 Å². The molecule has 0 saturated carbocycles. The summed E-state index contributed by atoms with van der Waals surface area (Å²) in [5.41, 5.74) is 1.07. The molecule has 1 amide bonds. The van der Waals surface area contributed by atoms with E-state index in [-0.39, 0.29) is 35.0 Å².